The summed E-state index contributed by atoms with van der Waals surface area (Å²) in [7, 11) is 1.99. The van der Waals surface area contributed by atoms with Crippen LogP contribution in [0.3, 0.4) is 0 Å². The molecule has 0 aromatic carbocycles. The summed E-state index contributed by atoms with van der Waals surface area (Å²) < 4.78 is 2.00. The summed E-state index contributed by atoms with van der Waals surface area (Å²) in [6.45, 7) is 2.81. The molecule has 0 aliphatic heterocycles. The van der Waals surface area contributed by atoms with E-state index in [4.69, 9.17) is 0 Å². The zero-order chi connectivity index (χ0) is 10.7. The van der Waals surface area contributed by atoms with Crippen LogP contribution >= 0.6 is 0 Å². The van der Waals surface area contributed by atoms with Crippen LogP contribution in [0, 0.1) is 0 Å². The highest BCUT2D eigenvalue weighted by molar-refractivity contribution is 4.96. The van der Waals surface area contributed by atoms with Crippen LogP contribution < -0.4 is 5.32 Å². The van der Waals surface area contributed by atoms with Crippen molar-refractivity contribution >= 4 is 0 Å². The highest BCUT2D eigenvalue weighted by Gasteiger charge is 2.07. The number of H-pyrrole nitrogens is 1. The molecule has 1 atom stereocenters. The van der Waals surface area contributed by atoms with Gasteiger partial charge in [0.25, 0.3) is 0 Å². The van der Waals surface area contributed by atoms with E-state index in [1.165, 1.54) is 0 Å². The molecule has 0 radical (unpaired) electrons. The van der Waals surface area contributed by atoms with Crippen LogP contribution in [0.25, 0.3) is 0 Å². The van der Waals surface area contributed by atoms with E-state index in [1.54, 1.807) is 12.4 Å². The van der Waals surface area contributed by atoms with Gasteiger partial charge in [0.1, 0.15) is 11.6 Å². The van der Waals surface area contributed by atoms with Crippen molar-refractivity contribution in [3.63, 3.8) is 0 Å². The van der Waals surface area contributed by atoms with Gasteiger partial charge in [-0.15, -0.1) is 0 Å². The predicted molar refractivity (Wildman–Crippen MR) is 57.1 cm³/mol. The van der Waals surface area contributed by atoms with Gasteiger partial charge in [-0.2, -0.15) is 0 Å². The number of aromatic nitrogens is 4. The number of rotatable bonds is 4. The molecule has 1 unspecified atom stereocenters. The van der Waals surface area contributed by atoms with E-state index in [9.17, 15) is 0 Å². The quantitative estimate of drug-likeness (QED) is 0.782. The first kappa shape index (κ1) is 9.92. The van der Waals surface area contributed by atoms with Gasteiger partial charge < -0.3 is 14.9 Å². The van der Waals surface area contributed by atoms with Gasteiger partial charge in [-0.3, -0.25) is 0 Å². The monoisotopic (exact) mass is 205 g/mol. The molecule has 0 amide bonds. The molecule has 0 aliphatic rings. The number of nitrogens with zero attached hydrogens (tertiary/aromatic N) is 3. The van der Waals surface area contributed by atoms with E-state index in [-0.39, 0.29) is 6.04 Å². The zero-order valence-corrected chi connectivity index (χ0v) is 8.94. The third-order valence-corrected chi connectivity index (χ3v) is 2.42. The second-order valence-electron chi connectivity index (χ2n) is 3.53. The highest BCUT2D eigenvalue weighted by Crippen LogP contribution is 2.06. The van der Waals surface area contributed by atoms with Gasteiger partial charge in [0.15, 0.2) is 0 Å². The summed E-state index contributed by atoms with van der Waals surface area (Å²) in [6.07, 6.45) is 7.33. The number of aryl methyl sites for hydroxylation is 1. The highest BCUT2D eigenvalue weighted by atomic mass is 15.1. The predicted octanol–water partition coefficient (Wildman–Crippen LogP) is 0.994. The molecule has 15 heavy (non-hydrogen) atoms. The van der Waals surface area contributed by atoms with Crippen molar-refractivity contribution in [1.82, 2.24) is 24.8 Å². The first-order chi connectivity index (χ1) is 7.27. The molecule has 0 aliphatic carbocycles. The molecular weight excluding hydrogens is 190 g/mol. The largest absolute Gasteiger partial charge is 0.347 e. The van der Waals surface area contributed by atoms with E-state index >= 15 is 0 Å². The van der Waals surface area contributed by atoms with Crippen molar-refractivity contribution in [2.24, 2.45) is 7.05 Å². The molecule has 0 fully saturated rings. The van der Waals surface area contributed by atoms with Gasteiger partial charge in [0, 0.05) is 31.8 Å². The van der Waals surface area contributed by atoms with Crippen LogP contribution in [0.15, 0.2) is 24.8 Å². The number of aromatic amines is 1. The maximum absolute atomic E-state index is 4.24. The van der Waals surface area contributed by atoms with E-state index in [0.29, 0.717) is 0 Å². The van der Waals surface area contributed by atoms with Gasteiger partial charge in [0.2, 0.25) is 0 Å². The van der Waals surface area contributed by atoms with Gasteiger partial charge in [-0.05, 0) is 6.92 Å². The smallest absolute Gasteiger partial charge is 0.122 e. The van der Waals surface area contributed by atoms with Crippen molar-refractivity contribution < 1.29 is 0 Å². The standard InChI is InChI=1S/C10H15N5/c1-8(10-12-3-4-13-10)14-7-9-11-5-6-15(9)2/h3-6,8,14H,7H2,1-2H3,(H,12,13). The molecule has 0 saturated carbocycles. The van der Waals surface area contributed by atoms with E-state index < -0.39 is 0 Å². The topological polar surface area (TPSA) is 58.5 Å². The Hall–Kier alpha value is -1.62. The van der Waals surface area contributed by atoms with Gasteiger partial charge in [-0.1, -0.05) is 0 Å². The number of hydrogen-bond acceptors (Lipinski definition) is 3. The fraction of sp³-hybridized carbons (Fsp3) is 0.400. The molecule has 2 aromatic rings. The summed E-state index contributed by atoms with van der Waals surface area (Å²) in [6, 6.07) is 0.205. The second-order valence-corrected chi connectivity index (χ2v) is 3.53. The molecule has 2 rings (SSSR count). The van der Waals surface area contributed by atoms with Crippen molar-refractivity contribution in [1.29, 1.82) is 0 Å². The number of hydrogen-bond donors (Lipinski definition) is 2. The van der Waals surface area contributed by atoms with Crippen LogP contribution in [0.1, 0.15) is 24.6 Å². The fourth-order valence-corrected chi connectivity index (χ4v) is 1.42. The zero-order valence-electron chi connectivity index (χ0n) is 8.94. The minimum Gasteiger partial charge on any atom is -0.347 e. The Morgan fingerprint density at radius 3 is 2.93 bits per heavy atom. The number of imidazole rings is 2. The van der Waals surface area contributed by atoms with Gasteiger partial charge in [-0.25, -0.2) is 9.97 Å². The van der Waals surface area contributed by atoms with Crippen LogP contribution in [0.5, 0.6) is 0 Å². The lowest BCUT2D eigenvalue weighted by atomic mass is 10.3. The molecule has 5 heteroatoms. The summed E-state index contributed by atoms with van der Waals surface area (Å²) in [4.78, 5) is 11.5. The lowest BCUT2D eigenvalue weighted by Crippen LogP contribution is -2.21. The Balaban J connectivity index is 1.91. The first-order valence-electron chi connectivity index (χ1n) is 4.96. The average molecular weight is 205 g/mol. The van der Waals surface area contributed by atoms with Crippen LogP contribution in [0.2, 0.25) is 0 Å². The van der Waals surface area contributed by atoms with Crippen molar-refractivity contribution in [3.05, 3.63) is 36.4 Å². The Morgan fingerprint density at radius 1 is 1.47 bits per heavy atom. The Bertz CT molecular complexity index is 403. The summed E-state index contributed by atoms with van der Waals surface area (Å²) in [5.74, 6) is 1.97. The molecule has 80 valence electrons. The minimum atomic E-state index is 0.205. The van der Waals surface area contributed by atoms with Crippen LogP contribution in [-0.4, -0.2) is 19.5 Å². The average Bonchev–Trinajstić information content (AvgIpc) is 2.85. The molecule has 2 N–H and O–H groups in total. The fourth-order valence-electron chi connectivity index (χ4n) is 1.42. The molecular formula is C10H15N5. The third kappa shape index (κ3) is 2.24. The molecule has 0 saturated heterocycles. The first-order valence-corrected chi connectivity index (χ1v) is 4.96. The minimum absolute atomic E-state index is 0.205. The normalized spacial score (nSPS) is 12.9. The van der Waals surface area contributed by atoms with E-state index in [2.05, 4.69) is 27.2 Å². The van der Waals surface area contributed by atoms with Gasteiger partial charge >= 0.3 is 0 Å². The van der Waals surface area contributed by atoms with Gasteiger partial charge in [0.05, 0.1) is 12.6 Å². The van der Waals surface area contributed by atoms with Crippen LogP contribution in [-0.2, 0) is 13.6 Å². The van der Waals surface area contributed by atoms with Crippen molar-refractivity contribution in [2.45, 2.75) is 19.5 Å². The molecule has 0 bridgehead atoms. The maximum atomic E-state index is 4.24. The van der Waals surface area contributed by atoms with E-state index in [0.717, 1.165) is 18.2 Å². The van der Waals surface area contributed by atoms with Crippen molar-refractivity contribution in [2.75, 3.05) is 0 Å². The van der Waals surface area contributed by atoms with Crippen LogP contribution in [0.4, 0.5) is 0 Å². The molecule has 0 spiro atoms. The summed E-state index contributed by atoms with van der Waals surface area (Å²) >= 11 is 0. The molecule has 2 heterocycles. The lowest BCUT2D eigenvalue weighted by Gasteiger charge is -2.10. The maximum Gasteiger partial charge on any atom is 0.122 e. The van der Waals surface area contributed by atoms with E-state index in [1.807, 2.05) is 24.0 Å². The molecule has 2 aromatic heterocycles. The lowest BCUT2D eigenvalue weighted by molar-refractivity contribution is 0.530. The third-order valence-electron chi connectivity index (χ3n) is 2.42. The summed E-state index contributed by atoms with van der Waals surface area (Å²) in [5, 5.41) is 3.35. The van der Waals surface area contributed by atoms with Crippen molar-refractivity contribution in [3.8, 4) is 0 Å². The SMILES string of the molecule is CC(NCc1nccn1C)c1ncc[nH]1. The Morgan fingerprint density at radius 2 is 2.33 bits per heavy atom. The Labute approximate surface area is 88.6 Å². The second kappa shape index (κ2) is 4.27. The molecule has 5 nitrogen and oxygen atoms in total. The Kier molecular flexibility index (Phi) is 2.82. The number of nitrogens with one attached hydrogen (secondary N) is 2. The summed E-state index contributed by atoms with van der Waals surface area (Å²) in [5.41, 5.74) is 0.